The third-order valence-electron chi connectivity index (χ3n) is 5.00. The summed E-state index contributed by atoms with van der Waals surface area (Å²) in [7, 11) is 0. The van der Waals surface area contributed by atoms with E-state index in [2.05, 4.69) is 42.3 Å². The van der Waals surface area contributed by atoms with Gasteiger partial charge in [-0.1, -0.05) is 12.1 Å². The fourth-order valence-electron chi connectivity index (χ4n) is 3.33. The van der Waals surface area contributed by atoms with Crippen LogP contribution in [0.15, 0.2) is 36.4 Å². The lowest BCUT2D eigenvalue weighted by molar-refractivity contribution is -0.892. The number of carbonyl (C=O) groups excluding carboxylic acids is 1. The number of benzene rings is 2. The van der Waals surface area contributed by atoms with Crippen molar-refractivity contribution in [3.05, 3.63) is 59.2 Å². The molecule has 0 saturated carbocycles. The van der Waals surface area contributed by atoms with E-state index in [1.165, 1.54) is 22.9 Å². The Bertz CT molecular complexity index is 802. The summed E-state index contributed by atoms with van der Waals surface area (Å²) in [4.78, 5) is 15.7. The highest BCUT2D eigenvalue weighted by atomic mass is 19.1. The molecule has 2 N–H and O–H groups in total. The third-order valence-corrected chi connectivity index (χ3v) is 5.00. The standard InChI is InChI=1S/C20H23F2N3O/c1-14-4-3-5-19(15(14)2)25-10-8-24(9-11-25)13-20(26)23-18-7-6-16(21)12-17(18)22/h3-7,12H,8-11,13H2,1-2H3,(H,23,26)/p+1. The molecule has 0 aliphatic carbocycles. The molecule has 1 aliphatic rings. The number of quaternary nitrogens is 1. The van der Waals surface area contributed by atoms with Crippen LogP contribution in [0.5, 0.6) is 0 Å². The van der Waals surface area contributed by atoms with E-state index in [1.807, 2.05) is 0 Å². The van der Waals surface area contributed by atoms with E-state index in [9.17, 15) is 13.6 Å². The summed E-state index contributed by atoms with van der Waals surface area (Å²) in [6, 6.07) is 9.47. The number of nitrogens with one attached hydrogen (secondary N) is 2. The maximum absolute atomic E-state index is 13.6. The molecule has 1 aliphatic heterocycles. The van der Waals surface area contributed by atoms with Gasteiger partial charge in [-0.3, -0.25) is 4.79 Å². The summed E-state index contributed by atoms with van der Waals surface area (Å²) in [5, 5.41) is 2.53. The Morgan fingerprint density at radius 3 is 2.58 bits per heavy atom. The molecule has 0 bridgehead atoms. The second-order valence-corrected chi connectivity index (χ2v) is 6.81. The van der Waals surface area contributed by atoms with Crippen molar-refractivity contribution in [3.8, 4) is 0 Å². The Morgan fingerprint density at radius 2 is 1.88 bits per heavy atom. The highest BCUT2D eigenvalue weighted by Gasteiger charge is 2.23. The number of nitrogens with zero attached hydrogens (tertiary/aromatic N) is 1. The van der Waals surface area contributed by atoms with Crippen LogP contribution in [0, 0.1) is 25.5 Å². The SMILES string of the molecule is Cc1cccc(N2CC[NH+](CC(=O)Nc3ccc(F)cc3F)CC2)c1C. The van der Waals surface area contributed by atoms with Crippen molar-refractivity contribution in [2.75, 3.05) is 42.9 Å². The lowest BCUT2D eigenvalue weighted by atomic mass is 10.1. The van der Waals surface area contributed by atoms with E-state index in [-0.39, 0.29) is 18.1 Å². The zero-order valence-electron chi connectivity index (χ0n) is 15.1. The average molecular weight is 360 g/mol. The predicted molar refractivity (Wildman–Crippen MR) is 98.7 cm³/mol. The van der Waals surface area contributed by atoms with Gasteiger partial charge >= 0.3 is 0 Å². The van der Waals surface area contributed by atoms with Gasteiger partial charge in [-0.05, 0) is 43.2 Å². The van der Waals surface area contributed by atoms with Crippen LogP contribution in [0.2, 0.25) is 0 Å². The first-order valence-corrected chi connectivity index (χ1v) is 8.83. The molecule has 0 radical (unpaired) electrons. The molecule has 6 heteroatoms. The van der Waals surface area contributed by atoms with Gasteiger partial charge in [0.05, 0.1) is 31.9 Å². The Morgan fingerprint density at radius 1 is 1.15 bits per heavy atom. The van der Waals surface area contributed by atoms with Crippen molar-refractivity contribution in [1.29, 1.82) is 0 Å². The van der Waals surface area contributed by atoms with Crippen LogP contribution in [0.3, 0.4) is 0 Å². The lowest BCUT2D eigenvalue weighted by Gasteiger charge is -2.34. The monoisotopic (exact) mass is 360 g/mol. The Kier molecular flexibility index (Phi) is 5.52. The number of rotatable bonds is 4. The first-order valence-electron chi connectivity index (χ1n) is 8.83. The van der Waals surface area contributed by atoms with Gasteiger partial charge in [0.25, 0.3) is 5.91 Å². The Labute approximate surface area is 152 Å². The average Bonchev–Trinajstić information content (AvgIpc) is 2.61. The number of halogens is 2. The maximum Gasteiger partial charge on any atom is 0.279 e. The van der Waals surface area contributed by atoms with Crippen molar-refractivity contribution in [1.82, 2.24) is 0 Å². The van der Waals surface area contributed by atoms with E-state index < -0.39 is 11.6 Å². The molecular formula is C20H24F2N3O+. The number of hydrogen-bond acceptors (Lipinski definition) is 2. The van der Waals surface area contributed by atoms with E-state index in [0.29, 0.717) is 0 Å². The second-order valence-electron chi connectivity index (χ2n) is 6.81. The van der Waals surface area contributed by atoms with Crippen molar-refractivity contribution < 1.29 is 18.5 Å². The first-order chi connectivity index (χ1) is 12.4. The van der Waals surface area contributed by atoms with Crippen LogP contribution in [0.4, 0.5) is 20.2 Å². The van der Waals surface area contributed by atoms with Crippen molar-refractivity contribution >= 4 is 17.3 Å². The number of amides is 1. The molecule has 2 aromatic rings. The molecule has 0 unspecified atom stereocenters. The van der Waals surface area contributed by atoms with Gasteiger partial charge in [-0.2, -0.15) is 0 Å². The van der Waals surface area contributed by atoms with Crippen molar-refractivity contribution in [3.63, 3.8) is 0 Å². The van der Waals surface area contributed by atoms with Crippen molar-refractivity contribution in [2.45, 2.75) is 13.8 Å². The number of hydrogen-bond donors (Lipinski definition) is 2. The van der Waals surface area contributed by atoms with Gasteiger partial charge in [-0.25, -0.2) is 8.78 Å². The third kappa shape index (κ3) is 4.19. The van der Waals surface area contributed by atoms with Gasteiger partial charge in [0.1, 0.15) is 11.6 Å². The minimum Gasteiger partial charge on any atom is -0.360 e. The van der Waals surface area contributed by atoms with Crippen LogP contribution in [0.1, 0.15) is 11.1 Å². The maximum atomic E-state index is 13.6. The topological polar surface area (TPSA) is 36.8 Å². The predicted octanol–water partition coefficient (Wildman–Crippen LogP) is 1.93. The molecular weight excluding hydrogens is 336 g/mol. The summed E-state index contributed by atoms with van der Waals surface area (Å²) in [5.41, 5.74) is 3.84. The molecule has 1 fully saturated rings. The molecule has 1 heterocycles. The molecule has 0 atom stereocenters. The molecule has 26 heavy (non-hydrogen) atoms. The highest BCUT2D eigenvalue weighted by Crippen LogP contribution is 2.22. The molecule has 1 saturated heterocycles. The summed E-state index contributed by atoms with van der Waals surface area (Å²) in [6.07, 6.45) is 0. The van der Waals surface area contributed by atoms with Gasteiger partial charge in [0.2, 0.25) is 0 Å². The molecule has 0 aromatic heterocycles. The number of anilines is 2. The fourth-order valence-corrected chi connectivity index (χ4v) is 3.33. The molecule has 4 nitrogen and oxygen atoms in total. The number of piperazine rings is 1. The zero-order chi connectivity index (χ0) is 18.7. The number of carbonyl (C=O) groups is 1. The van der Waals surface area contributed by atoms with Crippen LogP contribution in [-0.2, 0) is 4.79 Å². The Balaban J connectivity index is 1.53. The van der Waals surface area contributed by atoms with Crippen molar-refractivity contribution in [2.24, 2.45) is 0 Å². The zero-order valence-corrected chi connectivity index (χ0v) is 15.1. The summed E-state index contributed by atoms with van der Waals surface area (Å²) >= 11 is 0. The van der Waals surface area contributed by atoms with Gasteiger partial charge < -0.3 is 15.1 Å². The van der Waals surface area contributed by atoms with E-state index in [4.69, 9.17) is 0 Å². The molecule has 138 valence electrons. The normalized spacial score (nSPS) is 15.2. The van der Waals surface area contributed by atoms with E-state index >= 15 is 0 Å². The smallest absolute Gasteiger partial charge is 0.279 e. The van der Waals surface area contributed by atoms with Gasteiger partial charge in [0, 0.05) is 11.8 Å². The Hall–Kier alpha value is -2.47. The van der Waals surface area contributed by atoms with Gasteiger partial charge in [-0.15, -0.1) is 0 Å². The van der Waals surface area contributed by atoms with E-state index in [1.54, 1.807) is 0 Å². The summed E-state index contributed by atoms with van der Waals surface area (Å²) in [6.45, 7) is 7.94. The first kappa shape index (κ1) is 18.3. The molecule has 3 rings (SSSR count). The summed E-state index contributed by atoms with van der Waals surface area (Å²) in [5.74, 6) is -1.67. The molecule has 1 amide bonds. The van der Waals surface area contributed by atoms with Crippen LogP contribution in [-0.4, -0.2) is 38.6 Å². The summed E-state index contributed by atoms with van der Waals surface area (Å²) < 4.78 is 26.6. The molecule has 2 aromatic carbocycles. The minimum atomic E-state index is -0.756. The lowest BCUT2D eigenvalue weighted by Crippen LogP contribution is -3.15. The minimum absolute atomic E-state index is 0.0184. The van der Waals surface area contributed by atoms with Crippen LogP contribution in [0.25, 0.3) is 0 Å². The molecule has 0 spiro atoms. The van der Waals surface area contributed by atoms with E-state index in [0.717, 1.165) is 43.2 Å². The van der Waals surface area contributed by atoms with Gasteiger partial charge in [0.15, 0.2) is 6.54 Å². The quantitative estimate of drug-likeness (QED) is 0.874. The largest absolute Gasteiger partial charge is 0.360 e. The number of aryl methyl sites for hydroxylation is 1. The second kappa shape index (κ2) is 7.83. The highest BCUT2D eigenvalue weighted by molar-refractivity contribution is 5.91. The fraction of sp³-hybridized carbons (Fsp3) is 0.350. The van der Waals surface area contributed by atoms with Crippen LogP contribution >= 0.6 is 0 Å². The van der Waals surface area contributed by atoms with Crippen LogP contribution < -0.4 is 15.1 Å².